The summed E-state index contributed by atoms with van der Waals surface area (Å²) >= 11 is 1.54. The van der Waals surface area contributed by atoms with Crippen molar-refractivity contribution in [3.05, 3.63) is 23.8 Å². The van der Waals surface area contributed by atoms with E-state index in [1.807, 2.05) is 26.2 Å². The Kier molecular flexibility index (Phi) is 3.58. The van der Waals surface area contributed by atoms with Crippen molar-refractivity contribution in [2.24, 2.45) is 5.92 Å². The molecule has 1 N–H and O–H groups in total. The predicted octanol–water partition coefficient (Wildman–Crippen LogP) is 2.95. The Hall–Kier alpha value is -0.960. The van der Waals surface area contributed by atoms with Gasteiger partial charge in [0.05, 0.1) is 5.56 Å². The monoisotopic (exact) mass is 210 g/mol. The van der Waals surface area contributed by atoms with Gasteiger partial charge in [-0.2, -0.15) is 0 Å². The van der Waals surface area contributed by atoms with Crippen LogP contribution in [-0.2, 0) is 0 Å². The maximum absolute atomic E-state index is 11.6. The third-order valence-electron chi connectivity index (χ3n) is 1.99. The zero-order valence-electron chi connectivity index (χ0n) is 8.57. The molecule has 0 heterocycles. The molecule has 0 saturated carbocycles. The van der Waals surface area contributed by atoms with Crippen molar-refractivity contribution in [1.82, 2.24) is 0 Å². The fraction of sp³-hybridized carbons (Fsp3) is 0.364. The van der Waals surface area contributed by atoms with E-state index in [9.17, 15) is 9.90 Å². The van der Waals surface area contributed by atoms with E-state index in [2.05, 4.69) is 0 Å². The Balaban J connectivity index is 3.06. The summed E-state index contributed by atoms with van der Waals surface area (Å²) in [5.41, 5.74) is 0.415. The molecule has 0 saturated heterocycles. The number of rotatable bonds is 3. The fourth-order valence-electron chi connectivity index (χ4n) is 1.16. The van der Waals surface area contributed by atoms with Gasteiger partial charge >= 0.3 is 0 Å². The Morgan fingerprint density at radius 1 is 1.43 bits per heavy atom. The summed E-state index contributed by atoms with van der Waals surface area (Å²) in [6, 6.07) is 5.16. The summed E-state index contributed by atoms with van der Waals surface area (Å²) in [5.74, 6) is -0.0215. The highest BCUT2D eigenvalue weighted by Gasteiger charge is 2.14. The van der Waals surface area contributed by atoms with Crippen LogP contribution in [0, 0.1) is 5.92 Å². The van der Waals surface area contributed by atoms with E-state index in [1.54, 1.807) is 23.9 Å². The maximum Gasteiger partial charge on any atom is 0.169 e. The minimum atomic E-state index is -0.0824. The van der Waals surface area contributed by atoms with Gasteiger partial charge in [-0.3, -0.25) is 4.79 Å². The number of Topliss-reactive ketones (excluding diaryl/α,β-unsaturated/α-hetero) is 1. The van der Waals surface area contributed by atoms with Crippen LogP contribution in [0.1, 0.15) is 24.2 Å². The van der Waals surface area contributed by atoms with Crippen molar-refractivity contribution in [3.63, 3.8) is 0 Å². The molecule has 0 bridgehead atoms. The van der Waals surface area contributed by atoms with Gasteiger partial charge < -0.3 is 5.11 Å². The van der Waals surface area contributed by atoms with E-state index in [-0.39, 0.29) is 17.5 Å². The van der Waals surface area contributed by atoms with Gasteiger partial charge in [0.15, 0.2) is 5.78 Å². The lowest BCUT2D eigenvalue weighted by Gasteiger charge is -2.07. The summed E-state index contributed by atoms with van der Waals surface area (Å²) in [4.78, 5) is 12.6. The number of ketones is 1. The van der Waals surface area contributed by atoms with Crippen LogP contribution in [0.4, 0.5) is 0 Å². The minimum absolute atomic E-state index is 0.0184. The predicted molar refractivity (Wildman–Crippen MR) is 59.1 cm³/mol. The highest BCUT2D eigenvalue weighted by Crippen LogP contribution is 2.26. The van der Waals surface area contributed by atoms with Crippen LogP contribution in [0.5, 0.6) is 5.75 Å². The molecule has 0 atom stereocenters. The summed E-state index contributed by atoms with van der Waals surface area (Å²) in [6.07, 6.45) is 1.93. The fourth-order valence-corrected chi connectivity index (χ4v) is 1.59. The first kappa shape index (κ1) is 11.1. The molecule has 0 radical (unpaired) electrons. The molecule has 0 amide bonds. The SMILES string of the molecule is CSc1ccc(C(=O)C(C)C)c(O)c1. The number of benzene rings is 1. The molecule has 1 aromatic rings. The summed E-state index contributed by atoms with van der Waals surface area (Å²) in [6.45, 7) is 3.65. The molecule has 0 aliphatic rings. The molecule has 1 aromatic carbocycles. The molecule has 3 heteroatoms. The molecule has 0 fully saturated rings. The molecule has 1 rings (SSSR count). The molecule has 0 aliphatic heterocycles. The first-order valence-corrected chi connectivity index (χ1v) is 5.70. The third kappa shape index (κ3) is 2.29. The molecule has 14 heavy (non-hydrogen) atoms. The molecular formula is C11H14O2S. The molecule has 76 valence electrons. The smallest absolute Gasteiger partial charge is 0.169 e. The highest BCUT2D eigenvalue weighted by molar-refractivity contribution is 7.98. The first-order chi connectivity index (χ1) is 6.56. The Morgan fingerprint density at radius 3 is 2.50 bits per heavy atom. The number of phenolic OH excluding ortho intramolecular Hbond substituents is 1. The van der Waals surface area contributed by atoms with Crippen molar-refractivity contribution >= 4 is 17.5 Å². The largest absolute Gasteiger partial charge is 0.507 e. The van der Waals surface area contributed by atoms with Crippen molar-refractivity contribution in [3.8, 4) is 5.75 Å². The lowest BCUT2D eigenvalue weighted by Crippen LogP contribution is -2.07. The van der Waals surface area contributed by atoms with Crippen LogP contribution in [-0.4, -0.2) is 17.1 Å². The van der Waals surface area contributed by atoms with E-state index < -0.39 is 0 Å². The second kappa shape index (κ2) is 4.51. The first-order valence-electron chi connectivity index (χ1n) is 4.47. The van der Waals surface area contributed by atoms with Crippen LogP contribution in [0.15, 0.2) is 23.1 Å². The van der Waals surface area contributed by atoms with Crippen LogP contribution in [0.2, 0.25) is 0 Å². The van der Waals surface area contributed by atoms with Crippen LogP contribution in [0.3, 0.4) is 0 Å². The number of thioether (sulfide) groups is 1. The molecule has 0 aromatic heterocycles. The van der Waals surface area contributed by atoms with Gasteiger partial charge in [-0.05, 0) is 24.5 Å². The van der Waals surface area contributed by atoms with Crippen molar-refractivity contribution in [2.45, 2.75) is 18.7 Å². The van der Waals surface area contributed by atoms with Crippen LogP contribution >= 0.6 is 11.8 Å². The van der Waals surface area contributed by atoms with Gasteiger partial charge in [0, 0.05) is 10.8 Å². The van der Waals surface area contributed by atoms with Gasteiger partial charge in [0.2, 0.25) is 0 Å². The van der Waals surface area contributed by atoms with Gasteiger partial charge in [-0.25, -0.2) is 0 Å². The lowest BCUT2D eigenvalue weighted by atomic mass is 10.0. The van der Waals surface area contributed by atoms with Gasteiger partial charge in [-0.1, -0.05) is 13.8 Å². The van der Waals surface area contributed by atoms with E-state index in [1.165, 1.54) is 0 Å². The molecule has 0 spiro atoms. The van der Waals surface area contributed by atoms with Crippen LogP contribution < -0.4 is 0 Å². The maximum atomic E-state index is 11.6. The van der Waals surface area contributed by atoms with Crippen LogP contribution in [0.25, 0.3) is 0 Å². The second-order valence-corrected chi connectivity index (χ2v) is 4.28. The third-order valence-corrected chi connectivity index (χ3v) is 2.72. The summed E-state index contributed by atoms with van der Waals surface area (Å²) in [7, 11) is 0. The molecule has 0 unspecified atom stereocenters. The Morgan fingerprint density at radius 2 is 2.07 bits per heavy atom. The molecule has 2 nitrogen and oxygen atoms in total. The van der Waals surface area contributed by atoms with Gasteiger partial charge in [0.1, 0.15) is 5.75 Å². The van der Waals surface area contributed by atoms with Crippen molar-refractivity contribution < 1.29 is 9.90 Å². The topological polar surface area (TPSA) is 37.3 Å². The molecular weight excluding hydrogens is 196 g/mol. The number of carbonyl (C=O) groups is 1. The van der Waals surface area contributed by atoms with E-state index in [4.69, 9.17) is 0 Å². The number of carbonyl (C=O) groups excluding carboxylic acids is 1. The zero-order chi connectivity index (χ0) is 10.7. The minimum Gasteiger partial charge on any atom is -0.507 e. The van der Waals surface area contributed by atoms with Gasteiger partial charge in [0.25, 0.3) is 0 Å². The number of hydrogen-bond acceptors (Lipinski definition) is 3. The average molecular weight is 210 g/mol. The normalized spacial score (nSPS) is 10.6. The standard InChI is InChI=1S/C11H14O2S/c1-7(2)11(13)9-5-4-8(14-3)6-10(9)12/h4-7,12H,1-3H3. The quantitative estimate of drug-likeness (QED) is 0.615. The zero-order valence-corrected chi connectivity index (χ0v) is 9.39. The van der Waals surface area contributed by atoms with E-state index in [0.717, 1.165) is 4.90 Å². The Labute approximate surface area is 88.3 Å². The molecule has 0 aliphatic carbocycles. The summed E-state index contributed by atoms with van der Waals surface area (Å²) < 4.78 is 0. The Bertz CT molecular complexity index is 345. The second-order valence-electron chi connectivity index (χ2n) is 3.40. The number of aromatic hydroxyl groups is 1. The van der Waals surface area contributed by atoms with Gasteiger partial charge in [-0.15, -0.1) is 11.8 Å². The van der Waals surface area contributed by atoms with Crippen molar-refractivity contribution in [2.75, 3.05) is 6.26 Å². The lowest BCUT2D eigenvalue weighted by molar-refractivity contribution is 0.0936. The van der Waals surface area contributed by atoms with E-state index >= 15 is 0 Å². The number of hydrogen-bond donors (Lipinski definition) is 1. The van der Waals surface area contributed by atoms with E-state index in [0.29, 0.717) is 5.56 Å². The highest BCUT2D eigenvalue weighted by atomic mass is 32.2. The number of phenols is 1. The summed E-state index contributed by atoms with van der Waals surface area (Å²) in [5, 5.41) is 9.61. The average Bonchev–Trinajstić information content (AvgIpc) is 2.16. The van der Waals surface area contributed by atoms with Crippen molar-refractivity contribution in [1.29, 1.82) is 0 Å².